The molecule has 0 aliphatic rings. The van der Waals surface area contributed by atoms with Crippen LogP contribution in [0.15, 0.2) is 6.20 Å². The molecule has 0 saturated carbocycles. The molecule has 0 N–H and O–H groups in total. The van der Waals surface area contributed by atoms with Crippen LogP contribution in [0, 0.1) is 0 Å². The van der Waals surface area contributed by atoms with Crippen LogP contribution in [0.3, 0.4) is 0 Å². The van der Waals surface area contributed by atoms with Gasteiger partial charge in [-0.1, -0.05) is 27.2 Å². The SMILES string of the molecule is CCCc1nn(CCC)cc1CC. The van der Waals surface area contributed by atoms with Crippen LogP contribution in [0.1, 0.15) is 44.9 Å². The van der Waals surface area contributed by atoms with E-state index in [9.17, 15) is 0 Å². The fraction of sp³-hybridized carbons (Fsp3) is 0.727. The maximum absolute atomic E-state index is 4.58. The molecule has 0 atom stereocenters. The van der Waals surface area contributed by atoms with Crippen molar-refractivity contribution in [3.05, 3.63) is 17.5 Å². The molecule has 1 heterocycles. The zero-order valence-electron chi connectivity index (χ0n) is 9.01. The summed E-state index contributed by atoms with van der Waals surface area (Å²) in [6.45, 7) is 7.65. The minimum absolute atomic E-state index is 1.05. The summed E-state index contributed by atoms with van der Waals surface area (Å²) in [5.41, 5.74) is 2.73. The van der Waals surface area contributed by atoms with E-state index in [1.54, 1.807) is 0 Å². The minimum atomic E-state index is 1.05. The lowest BCUT2D eigenvalue weighted by Crippen LogP contribution is -1.97. The Kier molecular flexibility index (Phi) is 4.00. The first kappa shape index (κ1) is 10.3. The molecule has 74 valence electrons. The van der Waals surface area contributed by atoms with Crippen LogP contribution in [0.5, 0.6) is 0 Å². The van der Waals surface area contributed by atoms with Crippen molar-refractivity contribution < 1.29 is 0 Å². The number of hydrogen-bond donors (Lipinski definition) is 0. The molecule has 0 aromatic carbocycles. The molecule has 0 bridgehead atoms. The normalized spacial score (nSPS) is 10.7. The predicted molar refractivity (Wildman–Crippen MR) is 55.9 cm³/mol. The first-order valence-corrected chi connectivity index (χ1v) is 5.37. The van der Waals surface area contributed by atoms with Gasteiger partial charge in [-0.25, -0.2) is 0 Å². The van der Waals surface area contributed by atoms with Gasteiger partial charge < -0.3 is 0 Å². The number of aromatic nitrogens is 2. The lowest BCUT2D eigenvalue weighted by molar-refractivity contribution is 0.593. The lowest BCUT2D eigenvalue weighted by atomic mass is 10.1. The van der Waals surface area contributed by atoms with E-state index >= 15 is 0 Å². The fourth-order valence-corrected chi connectivity index (χ4v) is 1.59. The van der Waals surface area contributed by atoms with Gasteiger partial charge in [-0.05, 0) is 24.8 Å². The Morgan fingerprint density at radius 2 is 2.00 bits per heavy atom. The van der Waals surface area contributed by atoms with E-state index in [-0.39, 0.29) is 0 Å². The summed E-state index contributed by atoms with van der Waals surface area (Å²) in [5.74, 6) is 0. The van der Waals surface area contributed by atoms with Gasteiger partial charge >= 0.3 is 0 Å². The zero-order valence-corrected chi connectivity index (χ0v) is 9.01. The summed E-state index contributed by atoms with van der Waals surface area (Å²) in [7, 11) is 0. The number of aryl methyl sites for hydroxylation is 3. The molecule has 0 amide bonds. The van der Waals surface area contributed by atoms with Crippen LogP contribution in [0.25, 0.3) is 0 Å². The average molecular weight is 180 g/mol. The second kappa shape index (κ2) is 5.05. The highest BCUT2D eigenvalue weighted by atomic mass is 15.3. The van der Waals surface area contributed by atoms with Crippen molar-refractivity contribution in [2.45, 2.75) is 53.0 Å². The van der Waals surface area contributed by atoms with Crippen LogP contribution < -0.4 is 0 Å². The lowest BCUT2D eigenvalue weighted by Gasteiger charge is -1.95. The predicted octanol–water partition coefficient (Wildman–Crippen LogP) is 2.81. The zero-order chi connectivity index (χ0) is 9.68. The molecular formula is C11H20N2. The molecule has 1 aromatic heterocycles. The van der Waals surface area contributed by atoms with Crippen molar-refractivity contribution in [3.63, 3.8) is 0 Å². The van der Waals surface area contributed by atoms with E-state index in [2.05, 4.69) is 36.7 Å². The van der Waals surface area contributed by atoms with Gasteiger partial charge in [-0.2, -0.15) is 5.10 Å². The summed E-state index contributed by atoms with van der Waals surface area (Å²) in [4.78, 5) is 0. The minimum Gasteiger partial charge on any atom is -0.272 e. The average Bonchev–Trinajstić information content (AvgIpc) is 2.49. The highest BCUT2D eigenvalue weighted by molar-refractivity contribution is 5.16. The molecule has 2 nitrogen and oxygen atoms in total. The Bertz CT molecular complexity index is 251. The third-order valence-corrected chi connectivity index (χ3v) is 2.25. The quantitative estimate of drug-likeness (QED) is 0.681. The highest BCUT2D eigenvalue weighted by Gasteiger charge is 2.05. The smallest absolute Gasteiger partial charge is 0.0656 e. The molecule has 0 saturated heterocycles. The third-order valence-electron chi connectivity index (χ3n) is 2.25. The van der Waals surface area contributed by atoms with Gasteiger partial charge in [0.15, 0.2) is 0 Å². The van der Waals surface area contributed by atoms with Crippen molar-refractivity contribution >= 4 is 0 Å². The van der Waals surface area contributed by atoms with Crippen molar-refractivity contribution in [1.29, 1.82) is 0 Å². The molecule has 13 heavy (non-hydrogen) atoms. The Labute approximate surface area is 81.0 Å². The van der Waals surface area contributed by atoms with E-state index in [0.29, 0.717) is 0 Å². The molecule has 1 aromatic rings. The van der Waals surface area contributed by atoms with Crippen LogP contribution in [-0.2, 0) is 19.4 Å². The van der Waals surface area contributed by atoms with E-state index in [0.717, 1.165) is 25.8 Å². The van der Waals surface area contributed by atoms with Gasteiger partial charge in [0.25, 0.3) is 0 Å². The number of hydrogen-bond acceptors (Lipinski definition) is 1. The topological polar surface area (TPSA) is 17.8 Å². The Balaban J connectivity index is 2.77. The van der Waals surface area contributed by atoms with Crippen molar-refractivity contribution in [1.82, 2.24) is 9.78 Å². The molecular weight excluding hydrogens is 160 g/mol. The van der Waals surface area contributed by atoms with Gasteiger partial charge in [-0.3, -0.25) is 4.68 Å². The van der Waals surface area contributed by atoms with Crippen LogP contribution in [0.2, 0.25) is 0 Å². The molecule has 1 rings (SSSR count). The van der Waals surface area contributed by atoms with Crippen molar-refractivity contribution in [2.24, 2.45) is 0 Å². The molecule has 0 radical (unpaired) electrons. The van der Waals surface area contributed by atoms with Gasteiger partial charge in [0.1, 0.15) is 0 Å². The Hall–Kier alpha value is -0.790. The van der Waals surface area contributed by atoms with Crippen molar-refractivity contribution in [2.75, 3.05) is 0 Å². The van der Waals surface area contributed by atoms with E-state index in [1.807, 2.05) is 0 Å². The van der Waals surface area contributed by atoms with E-state index in [4.69, 9.17) is 0 Å². The van der Waals surface area contributed by atoms with Gasteiger partial charge in [0, 0.05) is 12.7 Å². The second-order valence-electron chi connectivity index (χ2n) is 3.47. The van der Waals surface area contributed by atoms with Gasteiger partial charge in [0.05, 0.1) is 5.69 Å². The summed E-state index contributed by atoms with van der Waals surface area (Å²) >= 11 is 0. The van der Waals surface area contributed by atoms with Crippen LogP contribution in [0.4, 0.5) is 0 Å². The monoisotopic (exact) mass is 180 g/mol. The van der Waals surface area contributed by atoms with Gasteiger partial charge in [-0.15, -0.1) is 0 Å². The largest absolute Gasteiger partial charge is 0.272 e. The molecule has 0 unspecified atom stereocenters. The Morgan fingerprint density at radius 3 is 2.54 bits per heavy atom. The van der Waals surface area contributed by atoms with Crippen LogP contribution in [-0.4, -0.2) is 9.78 Å². The number of nitrogens with zero attached hydrogens (tertiary/aromatic N) is 2. The summed E-state index contributed by atoms with van der Waals surface area (Å²) in [5, 5.41) is 4.58. The van der Waals surface area contributed by atoms with Crippen molar-refractivity contribution in [3.8, 4) is 0 Å². The molecule has 2 heteroatoms. The molecule has 0 aliphatic heterocycles. The Morgan fingerprint density at radius 1 is 1.23 bits per heavy atom. The summed E-state index contributed by atoms with van der Waals surface area (Å²) in [6.07, 6.45) is 6.79. The number of rotatable bonds is 5. The standard InChI is InChI=1S/C11H20N2/c1-4-7-11-10(6-3)9-13(12-11)8-5-2/h9H,4-8H2,1-3H3. The molecule has 0 aliphatic carbocycles. The maximum atomic E-state index is 4.58. The third kappa shape index (κ3) is 2.58. The highest BCUT2D eigenvalue weighted by Crippen LogP contribution is 2.10. The van der Waals surface area contributed by atoms with E-state index < -0.39 is 0 Å². The van der Waals surface area contributed by atoms with E-state index in [1.165, 1.54) is 17.7 Å². The summed E-state index contributed by atoms with van der Waals surface area (Å²) < 4.78 is 2.09. The summed E-state index contributed by atoms with van der Waals surface area (Å²) in [6, 6.07) is 0. The maximum Gasteiger partial charge on any atom is 0.0656 e. The molecule has 0 fully saturated rings. The van der Waals surface area contributed by atoms with Gasteiger partial charge in [0.2, 0.25) is 0 Å². The first-order chi connectivity index (χ1) is 6.31. The van der Waals surface area contributed by atoms with Crippen LogP contribution >= 0.6 is 0 Å². The fourth-order valence-electron chi connectivity index (χ4n) is 1.59. The second-order valence-corrected chi connectivity index (χ2v) is 3.47. The molecule has 0 spiro atoms. The first-order valence-electron chi connectivity index (χ1n) is 5.37.